The number of nitrogen functional groups attached to an aromatic ring is 1. The molecule has 2 aliphatic heterocycles. The van der Waals surface area contributed by atoms with Crippen molar-refractivity contribution in [3.05, 3.63) is 21.3 Å². The van der Waals surface area contributed by atoms with Crippen molar-refractivity contribution in [2.75, 3.05) is 18.6 Å². The molecule has 3 heterocycles. The highest BCUT2D eigenvalue weighted by atomic mass is 79.9. The van der Waals surface area contributed by atoms with Gasteiger partial charge < -0.3 is 25.9 Å². The van der Waals surface area contributed by atoms with Crippen molar-refractivity contribution < 1.29 is 24.3 Å². The Morgan fingerprint density at radius 3 is 2.81 bits per heavy atom. The van der Waals surface area contributed by atoms with Gasteiger partial charge in [-0.3, -0.25) is 9.59 Å². The summed E-state index contributed by atoms with van der Waals surface area (Å²) in [6, 6.07) is -0.795. The first-order valence-electron chi connectivity index (χ1n) is 7.05. The molecule has 146 valence electrons. The highest BCUT2D eigenvalue weighted by molar-refractivity contribution is 9.11. The van der Waals surface area contributed by atoms with Gasteiger partial charge in [-0.25, -0.2) is 9.78 Å². The summed E-state index contributed by atoms with van der Waals surface area (Å²) in [6.07, 6.45) is 1.30. The molecule has 2 atom stereocenters. The molecule has 1 fully saturated rings. The van der Waals surface area contributed by atoms with Crippen molar-refractivity contribution >= 4 is 80.1 Å². The number of aromatic nitrogens is 1. The van der Waals surface area contributed by atoms with Gasteiger partial charge in [-0.2, -0.15) is 0 Å². The predicted octanol–water partition coefficient (Wildman–Crippen LogP) is 0.629. The molecule has 14 heteroatoms. The monoisotopic (exact) mass is 497 g/mol. The molecule has 10 nitrogen and oxygen atoms in total. The molecule has 2 amide bonds. The van der Waals surface area contributed by atoms with Gasteiger partial charge in [0.2, 0.25) is 0 Å². The number of carbonyl (C=O) groups excluding carboxylic acids is 2. The Kier molecular flexibility index (Phi) is 6.72. The van der Waals surface area contributed by atoms with Gasteiger partial charge in [-0.05, 0) is 15.9 Å². The Bertz CT molecular complexity index is 860. The number of aliphatic carboxylic acids is 1. The van der Waals surface area contributed by atoms with E-state index in [9.17, 15) is 14.4 Å². The number of thiazole rings is 1. The minimum atomic E-state index is -1.07. The maximum atomic E-state index is 12.6. The lowest BCUT2D eigenvalue weighted by Gasteiger charge is -2.46. The lowest BCUT2D eigenvalue weighted by Crippen LogP contribution is -2.69. The van der Waals surface area contributed by atoms with Crippen LogP contribution in [0, 0.1) is 0 Å². The number of hydrogen-bond donors (Lipinski definition) is 3. The van der Waals surface area contributed by atoms with Gasteiger partial charge >= 0.3 is 5.97 Å². The van der Waals surface area contributed by atoms with E-state index in [-0.39, 0.29) is 45.6 Å². The first-order chi connectivity index (χ1) is 12.3. The van der Waals surface area contributed by atoms with Gasteiger partial charge in [0.05, 0.1) is 5.57 Å². The number of nitrogens with two attached hydrogens (primary N) is 1. The smallest absolute Gasteiger partial charge is 0.333 e. The molecule has 0 spiro atoms. The van der Waals surface area contributed by atoms with Crippen molar-refractivity contribution in [3.63, 3.8) is 0 Å². The molecule has 0 saturated carbocycles. The van der Waals surface area contributed by atoms with E-state index in [1.165, 1.54) is 30.0 Å². The first kappa shape index (κ1) is 21.5. The fourth-order valence-corrected chi connectivity index (χ4v) is 4.97. The summed E-state index contributed by atoms with van der Waals surface area (Å²) in [5.74, 6) is -1.88. The number of carboxylic acid groups (broad SMARTS) is 1. The Morgan fingerprint density at radius 1 is 1.56 bits per heavy atom. The van der Waals surface area contributed by atoms with E-state index in [4.69, 9.17) is 15.7 Å². The molecule has 0 bridgehead atoms. The molecule has 0 radical (unpaired) electrons. The standard InChI is InChI=1S/C13H12BrN5O5S2.ClH/c1-24-18-6(5-8(14)26-13(15)17-5)9(20)16-7-10(21)19-2-4(12(22)23)3-25-11(7)19;/h2,7,11H,3H2,1H3,(H2,15,17)(H,16,20)(H,22,23);1H/t7?,11-;/m1./s1. The summed E-state index contributed by atoms with van der Waals surface area (Å²) in [7, 11) is 1.28. The van der Waals surface area contributed by atoms with Crippen molar-refractivity contribution in [3.8, 4) is 0 Å². The number of carbonyl (C=O) groups is 3. The number of thioether (sulfide) groups is 1. The maximum absolute atomic E-state index is 12.6. The number of rotatable bonds is 5. The van der Waals surface area contributed by atoms with Crippen molar-refractivity contribution in [1.82, 2.24) is 15.2 Å². The molecule has 2 aliphatic rings. The van der Waals surface area contributed by atoms with E-state index in [1.807, 2.05) is 0 Å². The van der Waals surface area contributed by atoms with Crippen LogP contribution in [0.5, 0.6) is 0 Å². The number of oxime groups is 1. The molecule has 3 rings (SSSR count). The van der Waals surface area contributed by atoms with Crippen LogP contribution in [0.1, 0.15) is 5.69 Å². The summed E-state index contributed by atoms with van der Waals surface area (Å²) in [5, 5.41) is 15.2. The second-order valence-electron chi connectivity index (χ2n) is 5.15. The van der Waals surface area contributed by atoms with Gasteiger partial charge in [0.15, 0.2) is 10.8 Å². The lowest BCUT2D eigenvalue weighted by atomic mass is 10.1. The van der Waals surface area contributed by atoms with Crippen molar-refractivity contribution in [2.45, 2.75) is 11.4 Å². The third-order valence-corrected chi connectivity index (χ3v) is 6.42. The molecular weight excluding hydrogens is 486 g/mol. The number of amides is 2. The van der Waals surface area contributed by atoms with Gasteiger partial charge in [-0.1, -0.05) is 16.5 Å². The number of nitrogens with zero attached hydrogens (tertiary/aromatic N) is 3. The highest BCUT2D eigenvalue weighted by Gasteiger charge is 2.50. The van der Waals surface area contributed by atoms with Crippen LogP contribution in [-0.4, -0.2) is 62.8 Å². The molecule has 27 heavy (non-hydrogen) atoms. The highest BCUT2D eigenvalue weighted by Crippen LogP contribution is 2.36. The minimum absolute atomic E-state index is 0. The van der Waals surface area contributed by atoms with Crippen LogP contribution in [0.4, 0.5) is 5.13 Å². The van der Waals surface area contributed by atoms with Gasteiger partial charge in [0, 0.05) is 12.0 Å². The van der Waals surface area contributed by atoms with Crippen LogP contribution in [-0.2, 0) is 19.2 Å². The minimum Gasteiger partial charge on any atom is -0.478 e. The SMILES string of the molecule is CON=C(C(=O)NC1C(=O)N2C=C(C(=O)O)CS[C@H]12)c1nc(N)sc1Br.Cl. The largest absolute Gasteiger partial charge is 0.478 e. The van der Waals surface area contributed by atoms with Crippen LogP contribution in [0.2, 0.25) is 0 Å². The number of carboxylic acids is 1. The zero-order valence-corrected chi connectivity index (χ0v) is 17.6. The van der Waals surface area contributed by atoms with E-state index in [0.717, 1.165) is 11.3 Å². The van der Waals surface area contributed by atoms with Gasteiger partial charge in [0.1, 0.15) is 28.0 Å². The van der Waals surface area contributed by atoms with Crippen LogP contribution in [0.3, 0.4) is 0 Å². The van der Waals surface area contributed by atoms with Crippen LogP contribution < -0.4 is 11.1 Å². The average molecular weight is 499 g/mol. The fraction of sp³-hybridized carbons (Fsp3) is 0.308. The summed E-state index contributed by atoms with van der Waals surface area (Å²) >= 11 is 5.64. The molecule has 4 N–H and O–H groups in total. The Morgan fingerprint density at radius 2 is 2.26 bits per heavy atom. The number of β-lactam (4-membered cyclic amide) rings is 1. The zero-order valence-electron chi connectivity index (χ0n) is 13.5. The zero-order chi connectivity index (χ0) is 19.0. The van der Waals surface area contributed by atoms with E-state index >= 15 is 0 Å². The van der Waals surface area contributed by atoms with Crippen molar-refractivity contribution in [1.29, 1.82) is 0 Å². The topological polar surface area (TPSA) is 147 Å². The van der Waals surface area contributed by atoms with E-state index in [0.29, 0.717) is 3.79 Å². The molecule has 1 aromatic rings. The lowest BCUT2D eigenvalue weighted by molar-refractivity contribution is -0.144. The van der Waals surface area contributed by atoms with E-state index < -0.39 is 23.8 Å². The summed E-state index contributed by atoms with van der Waals surface area (Å²) in [5.41, 5.74) is 5.85. The number of fused-ring (bicyclic) bond motifs is 1. The summed E-state index contributed by atoms with van der Waals surface area (Å²) < 4.78 is 0.503. The van der Waals surface area contributed by atoms with Gasteiger partial charge in [-0.15, -0.1) is 24.2 Å². The average Bonchev–Trinajstić information content (AvgIpc) is 2.94. The molecule has 0 aliphatic carbocycles. The maximum Gasteiger partial charge on any atom is 0.333 e. The predicted molar refractivity (Wildman–Crippen MR) is 106 cm³/mol. The third-order valence-electron chi connectivity index (χ3n) is 3.57. The Hall–Kier alpha value is -1.83. The second kappa shape index (κ2) is 8.46. The summed E-state index contributed by atoms with van der Waals surface area (Å²) in [6.45, 7) is 0. The first-order valence-corrected chi connectivity index (χ1v) is 9.71. The Balaban J connectivity index is 0.00000261. The van der Waals surface area contributed by atoms with E-state index in [2.05, 4.69) is 31.4 Å². The number of anilines is 1. The number of halogens is 2. The number of hydrogen-bond acceptors (Lipinski definition) is 9. The van der Waals surface area contributed by atoms with Crippen LogP contribution >= 0.6 is 51.4 Å². The summed E-state index contributed by atoms with van der Waals surface area (Å²) in [4.78, 5) is 45.9. The molecule has 1 aromatic heterocycles. The van der Waals surface area contributed by atoms with Crippen LogP contribution in [0.15, 0.2) is 20.7 Å². The normalized spacial score (nSPS) is 21.4. The quantitative estimate of drug-likeness (QED) is 0.304. The van der Waals surface area contributed by atoms with Gasteiger partial charge in [0.25, 0.3) is 11.8 Å². The number of nitrogens with one attached hydrogen (secondary N) is 1. The molecule has 0 aromatic carbocycles. The Labute approximate surface area is 175 Å². The van der Waals surface area contributed by atoms with Crippen LogP contribution in [0.25, 0.3) is 0 Å². The fourth-order valence-electron chi connectivity index (χ4n) is 2.39. The third kappa shape index (κ3) is 4.05. The van der Waals surface area contributed by atoms with E-state index in [1.54, 1.807) is 0 Å². The second-order valence-corrected chi connectivity index (χ2v) is 8.61. The molecule has 1 unspecified atom stereocenters. The molecular formula is C13H13BrClN5O5S2. The van der Waals surface area contributed by atoms with Crippen molar-refractivity contribution in [2.24, 2.45) is 5.16 Å². The molecule has 1 saturated heterocycles.